The molecule has 1 amide bonds. The summed E-state index contributed by atoms with van der Waals surface area (Å²) in [5.41, 5.74) is 0.830. The summed E-state index contributed by atoms with van der Waals surface area (Å²) in [6, 6.07) is 9.86. The summed E-state index contributed by atoms with van der Waals surface area (Å²) >= 11 is 5.94. The largest absolute Gasteiger partial charge is 0.497 e. The number of carbonyl (C=O) groups is 2. The highest BCUT2D eigenvalue weighted by atomic mass is 35.5. The second kappa shape index (κ2) is 9.10. The molecule has 2 aromatic rings. The average Bonchev–Trinajstić information content (AvgIpc) is 2.65. The number of nitrogens with one attached hydrogen (secondary N) is 1. The van der Waals surface area contributed by atoms with Crippen LogP contribution in [-0.4, -0.2) is 33.0 Å². The van der Waals surface area contributed by atoms with E-state index in [2.05, 4.69) is 5.32 Å². The highest BCUT2D eigenvalue weighted by Crippen LogP contribution is 2.29. The number of ketones is 1. The van der Waals surface area contributed by atoms with Crippen LogP contribution < -0.4 is 19.5 Å². The Labute approximate surface area is 157 Å². The van der Waals surface area contributed by atoms with Crippen LogP contribution in [-0.2, 0) is 4.79 Å². The number of ether oxygens (including phenoxy) is 3. The summed E-state index contributed by atoms with van der Waals surface area (Å²) in [5, 5.41) is 3.16. The van der Waals surface area contributed by atoms with Gasteiger partial charge in [0, 0.05) is 23.9 Å². The van der Waals surface area contributed by atoms with Gasteiger partial charge in [0.25, 0.3) is 0 Å². The third-order valence-electron chi connectivity index (χ3n) is 3.72. The molecule has 1 N–H and O–H groups in total. The van der Waals surface area contributed by atoms with E-state index >= 15 is 0 Å². The Hall–Kier alpha value is -2.73. The van der Waals surface area contributed by atoms with Crippen molar-refractivity contribution in [2.24, 2.45) is 0 Å². The summed E-state index contributed by atoms with van der Waals surface area (Å²) in [6.07, 6.45) is 0.0314. The van der Waals surface area contributed by atoms with E-state index in [1.165, 1.54) is 27.4 Å². The van der Waals surface area contributed by atoms with Crippen LogP contribution in [0.25, 0.3) is 0 Å². The lowest BCUT2D eigenvalue weighted by atomic mass is 10.1. The molecule has 26 heavy (non-hydrogen) atoms. The van der Waals surface area contributed by atoms with Crippen molar-refractivity contribution in [1.29, 1.82) is 0 Å². The van der Waals surface area contributed by atoms with Crippen molar-refractivity contribution < 1.29 is 23.8 Å². The fourth-order valence-electron chi connectivity index (χ4n) is 2.38. The third kappa shape index (κ3) is 4.89. The Balaban J connectivity index is 2.03. The van der Waals surface area contributed by atoms with Gasteiger partial charge in [-0.05, 0) is 30.3 Å². The molecule has 0 aromatic heterocycles. The molecule has 7 heteroatoms. The zero-order valence-electron chi connectivity index (χ0n) is 14.8. The Bertz CT molecular complexity index is 807. The zero-order chi connectivity index (χ0) is 19.1. The summed E-state index contributed by atoms with van der Waals surface area (Å²) in [6.45, 7) is 0. The average molecular weight is 378 g/mol. The lowest BCUT2D eigenvalue weighted by Gasteiger charge is -2.12. The van der Waals surface area contributed by atoms with Crippen LogP contribution in [0.2, 0.25) is 5.02 Å². The number of halogens is 1. The van der Waals surface area contributed by atoms with Gasteiger partial charge in [0.2, 0.25) is 5.91 Å². The maximum absolute atomic E-state index is 12.4. The van der Waals surface area contributed by atoms with Crippen molar-refractivity contribution in [3.05, 3.63) is 47.0 Å². The number of amides is 1. The molecule has 0 atom stereocenters. The molecule has 0 aliphatic heterocycles. The Morgan fingerprint density at radius 1 is 0.923 bits per heavy atom. The van der Waals surface area contributed by atoms with E-state index in [9.17, 15) is 9.59 Å². The summed E-state index contributed by atoms with van der Waals surface area (Å²) in [7, 11) is 4.51. The van der Waals surface area contributed by atoms with E-state index in [1.807, 2.05) is 0 Å². The Kier molecular flexibility index (Phi) is 6.86. The highest BCUT2D eigenvalue weighted by Gasteiger charge is 2.16. The minimum atomic E-state index is -0.314. The summed E-state index contributed by atoms with van der Waals surface area (Å²) in [5.74, 6) is 0.972. The second-order valence-corrected chi connectivity index (χ2v) is 5.82. The van der Waals surface area contributed by atoms with Gasteiger partial charge in [-0.3, -0.25) is 9.59 Å². The predicted octanol–water partition coefficient (Wildman–Crippen LogP) is 3.97. The molecule has 2 aromatic carbocycles. The van der Waals surface area contributed by atoms with Crippen molar-refractivity contribution in [2.75, 3.05) is 26.6 Å². The number of hydrogen-bond acceptors (Lipinski definition) is 5. The number of anilines is 1. The highest BCUT2D eigenvalue weighted by molar-refractivity contribution is 6.31. The maximum atomic E-state index is 12.4. The Morgan fingerprint density at radius 2 is 1.62 bits per heavy atom. The number of rotatable bonds is 8. The van der Waals surface area contributed by atoms with Crippen LogP contribution in [0.4, 0.5) is 5.69 Å². The normalized spacial score (nSPS) is 10.2. The van der Waals surface area contributed by atoms with Crippen LogP contribution in [0.15, 0.2) is 36.4 Å². The zero-order valence-corrected chi connectivity index (χ0v) is 15.6. The molecular formula is C19H20ClNO5. The van der Waals surface area contributed by atoms with Crippen molar-refractivity contribution in [3.8, 4) is 17.2 Å². The number of Topliss-reactive ketones (excluding diaryl/α,β-unsaturated/α-hetero) is 1. The van der Waals surface area contributed by atoms with Gasteiger partial charge in [-0.2, -0.15) is 0 Å². The first kappa shape index (κ1) is 19.6. The quantitative estimate of drug-likeness (QED) is 0.704. The van der Waals surface area contributed by atoms with E-state index < -0.39 is 0 Å². The molecular weight excluding hydrogens is 358 g/mol. The smallest absolute Gasteiger partial charge is 0.224 e. The van der Waals surface area contributed by atoms with Gasteiger partial charge >= 0.3 is 0 Å². The maximum Gasteiger partial charge on any atom is 0.224 e. The molecule has 0 fully saturated rings. The van der Waals surface area contributed by atoms with Crippen LogP contribution in [0.1, 0.15) is 23.2 Å². The Morgan fingerprint density at radius 3 is 2.27 bits per heavy atom. The standard InChI is InChI=1S/C19H20ClNO5/c1-24-13-5-8-18(26-3)15(11-13)21-19(23)9-6-16(22)14-10-12(20)4-7-17(14)25-2/h4-5,7-8,10-11H,6,9H2,1-3H3,(H,21,23). The van der Waals surface area contributed by atoms with E-state index in [4.69, 9.17) is 25.8 Å². The number of benzene rings is 2. The molecule has 0 bridgehead atoms. The van der Waals surface area contributed by atoms with E-state index in [0.29, 0.717) is 33.5 Å². The van der Waals surface area contributed by atoms with Gasteiger partial charge in [-0.15, -0.1) is 0 Å². The molecule has 0 radical (unpaired) electrons. The lowest BCUT2D eigenvalue weighted by molar-refractivity contribution is -0.116. The van der Waals surface area contributed by atoms with E-state index in [0.717, 1.165) is 0 Å². The first-order valence-corrected chi connectivity index (χ1v) is 8.25. The molecule has 0 aliphatic rings. The molecule has 6 nitrogen and oxygen atoms in total. The van der Waals surface area contributed by atoms with Crippen LogP contribution >= 0.6 is 11.6 Å². The molecule has 0 saturated heterocycles. The third-order valence-corrected chi connectivity index (χ3v) is 3.96. The van der Waals surface area contributed by atoms with Crippen LogP contribution in [0.3, 0.4) is 0 Å². The minimum Gasteiger partial charge on any atom is -0.497 e. The van der Waals surface area contributed by atoms with Crippen LogP contribution in [0.5, 0.6) is 17.2 Å². The van der Waals surface area contributed by atoms with Gasteiger partial charge in [0.1, 0.15) is 17.2 Å². The van der Waals surface area contributed by atoms with Gasteiger partial charge in [0.05, 0.1) is 32.6 Å². The first-order valence-electron chi connectivity index (χ1n) is 7.87. The number of carbonyl (C=O) groups excluding carboxylic acids is 2. The predicted molar refractivity (Wildman–Crippen MR) is 99.7 cm³/mol. The summed E-state index contributed by atoms with van der Waals surface area (Å²) < 4.78 is 15.5. The molecule has 2 rings (SSSR count). The van der Waals surface area contributed by atoms with Crippen molar-refractivity contribution in [1.82, 2.24) is 0 Å². The van der Waals surface area contributed by atoms with Crippen LogP contribution in [0, 0.1) is 0 Å². The molecule has 0 saturated carbocycles. The number of hydrogen-bond donors (Lipinski definition) is 1. The van der Waals surface area contributed by atoms with E-state index in [1.54, 1.807) is 30.3 Å². The van der Waals surface area contributed by atoms with Gasteiger partial charge in [-0.1, -0.05) is 11.6 Å². The monoisotopic (exact) mass is 377 g/mol. The van der Waals surface area contributed by atoms with Crippen molar-refractivity contribution >= 4 is 29.0 Å². The molecule has 0 spiro atoms. The topological polar surface area (TPSA) is 73.9 Å². The van der Waals surface area contributed by atoms with Crippen molar-refractivity contribution in [2.45, 2.75) is 12.8 Å². The van der Waals surface area contributed by atoms with Gasteiger partial charge < -0.3 is 19.5 Å². The second-order valence-electron chi connectivity index (χ2n) is 5.38. The van der Waals surface area contributed by atoms with E-state index in [-0.39, 0.29) is 24.5 Å². The minimum absolute atomic E-state index is 0.00879. The molecule has 0 heterocycles. The van der Waals surface area contributed by atoms with Crippen molar-refractivity contribution in [3.63, 3.8) is 0 Å². The fourth-order valence-corrected chi connectivity index (χ4v) is 2.56. The number of methoxy groups -OCH3 is 3. The van der Waals surface area contributed by atoms with Gasteiger partial charge in [0.15, 0.2) is 5.78 Å². The summed E-state index contributed by atoms with van der Waals surface area (Å²) in [4.78, 5) is 24.6. The molecule has 138 valence electrons. The first-order chi connectivity index (χ1) is 12.5. The lowest BCUT2D eigenvalue weighted by Crippen LogP contribution is -2.14. The molecule has 0 aliphatic carbocycles. The SMILES string of the molecule is COc1ccc(OC)c(NC(=O)CCC(=O)c2cc(Cl)ccc2OC)c1. The molecule has 0 unspecified atom stereocenters. The van der Waals surface area contributed by atoms with Gasteiger partial charge in [-0.25, -0.2) is 0 Å². The fraction of sp³-hybridized carbons (Fsp3) is 0.263.